The zero-order valence-corrected chi connectivity index (χ0v) is 8.05. The first kappa shape index (κ1) is 11.2. The fourth-order valence-electron chi connectivity index (χ4n) is 0.545. The van der Waals surface area contributed by atoms with E-state index < -0.39 is 17.4 Å². The minimum atomic E-state index is -1.20. The van der Waals surface area contributed by atoms with Crippen molar-refractivity contribution in [2.45, 2.75) is 19.4 Å². The lowest BCUT2D eigenvalue weighted by atomic mass is 10.0. The monoisotopic (exact) mass is 193 g/mol. The van der Waals surface area contributed by atoms with E-state index in [1.165, 1.54) is 20.9 Å². The van der Waals surface area contributed by atoms with Gasteiger partial charge in [-0.3, -0.25) is 4.79 Å². The fraction of sp³-hybridized carbons (Fsp3) is 0.714. The van der Waals surface area contributed by atoms with Crippen LogP contribution in [0.25, 0.3) is 0 Å². The molecule has 0 aliphatic heterocycles. The summed E-state index contributed by atoms with van der Waals surface area (Å²) >= 11 is 5.27. The Bertz CT molecular complexity index is 203. The van der Waals surface area contributed by atoms with Crippen molar-refractivity contribution in [2.24, 2.45) is 0 Å². The predicted octanol–water partition coefficient (Wildman–Crippen LogP) is 0.547. The highest BCUT2D eigenvalue weighted by atomic mass is 35.5. The molecule has 0 spiro atoms. The number of halogens is 1. The molecular weight excluding hydrogens is 182 g/mol. The molecule has 1 N–H and O–H groups in total. The van der Waals surface area contributed by atoms with E-state index in [1.54, 1.807) is 0 Å². The summed E-state index contributed by atoms with van der Waals surface area (Å²) in [5.41, 5.74) is -1.20. The number of amides is 1. The van der Waals surface area contributed by atoms with Crippen LogP contribution >= 0.6 is 11.6 Å². The molecular formula is C7H12ClNO3. The van der Waals surface area contributed by atoms with Crippen molar-refractivity contribution in [1.29, 1.82) is 0 Å². The first-order valence-corrected chi connectivity index (χ1v) is 3.93. The van der Waals surface area contributed by atoms with Crippen molar-refractivity contribution in [3.8, 4) is 0 Å². The van der Waals surface area contributed by atoms with Gasteiger partial charge in [0.1, 0.15) is 11.4 Å². The van der Waals surface area contributed by atoms with Gasteiger partial charge in [0.15, 0.2) is 0 Å². The van der Waals surface area contributed by atoms with Crippen molar-refractivity contribution < 1.29 is 14.7 Å². The lowest BCUT2D eigenvalue weighted by Gasteiger charge is -2.30. The number of carboxylic acid groups (broad SMARTS) is 1. The van der Waals surface area contributed by atoms with Gasteiger partial charge in [-0.25, -0.2) is 4.79 Å². The van der Waals surface area contributed by atoms with E-state index >= 15 is 0 Å². The summed E-state index contributed by atoms with van der Waals surface area (Å²) in [6.07, 6.45) is 0. The maximum Gasteiger partial charge on any atom is 0.329 e. The van der Waals surface area contributed by atoms with Gasteiger partial charge in [-0.2, -0.15) is 0 Å². The van der Waals surface area contributed by atoms with E-state index in [2.05, 4.69) is 0 Å². The summed E-state index contributed by atoms with van der Waals surface area (Å²) in [5.74, 6) is -1.65. The summed E-state index contributed by atoms with van der Waals surface area (Å²) in [4.78, 5) is 22.8. The Morgan fingerprint density at radius 3 is 2.17 bits per heavy atom. The molecule has 4 nitrogen and oxygen atoms in total. The Kier molecular flexibility index (Phi) is 3.52. The molecule has 0 saturated heterocycles. The van der Waals surface area contributed by atoms with Crippen LogP contribution in [-0.4, -0.2) is 40.3 Å². The second kappa shape index (κ2) is 3.76. The number of aliphatic carboxylic acids is 1. The van der Waals surface area contributed by atoms with Crippen LogP contribution in [0.4, 0.5) is 0 Å². The molecule has 0 aliphatic rings. The normalized spacial score (nSPS) is 11.0. The Morgan fingerprint density at radius 1 is 1.50 bits per heavy atom. The Labute approximate surface area is 76.1 Å². The molecule has 5 heteroatoms. The third-order valence-electron chi connectivity index (χ3n) is 1.85. The van der Waals surface area contributed by atoms with Gasteiger partial charge in [0, 0.05) is 7.05 Å². The van der Waals surface area contributed by atoms with Crippen molar-refractivity contribution in [3.63, 3.8) is 0 Å². The maximum absolute atomic E-state index is 11.0. The number of alkyl halides is 1. The average molecular weight is 194 g/mol. The second-order valence-corrected chi connectivity index (χ2v) is 3.22. The third kappa shape index (κ3) is 2.11. The molecule has 0 bridgehead atoms. The molecule has 1 amide bonds. The van der Waals surface area contributed by atoms with E-state index in [-0.39, 0.29) is 5.88 Å². The lowest BCUT2D eigenvalue weighted by Crippen LogP contribution is -2.51. The lowest BCUT2D eigenvalue weighted by molar-refractivity contribution is -0.154. The summed E-state index contributed by atoms with van der Waals surface area (Å²) in [5, 5.41) is 8.72. The van der Waals surface area contributed by atoms with Crippen LogP contribution < -0.4 is 0 Å². The van der Waals surface area contributed by atoms with Crippen molar-refractivity contribution in [2.75, 3.05) is 12.9 Å². The first-order chi connectivity index (χ1) is 5.34. The molecule has 0 fully saturated rings. The van der Waals surface area contributed by atoms with Gasteiger partial charge in [-0.15, -0.1) is 11.6 Å². The van der Waals surface area contributed by atoms with Crippen LogP contribution in [0.1, 0.15) is 13.8 Å². The van der Waals surface area contributed by atoms with Crippen LogP contribution in [-0.2, 0) is 9.59 Å². The van der Waals surface area contributed by atoms with Crippen LogP contribution in [0.3, 0.4) is 0 Å². The molecule has 0 saturated carbocycles. The van der Waals surface area contributed by atoms with Gasteiger partial charge in [-0.05, 0) is 13.8 Å². The fourth-order valence-corrected chi connectivity index (χ4v) is 0.724. The highest BCUT2D eigenvalue weighted by molar-refractivity contribution is 6.27. The minimum absolute atomic E-state index is 0.201. The van der Waals surface area contributed by atoms with Crippen molar-refractivity contribution >= 4 is 23.5 Å². The molecule has 0 radical (unpaired) electrons. The van der Waals surface area contributed by atoms with E-state index in [1.807, 2.05) is 0 Å². The van der Waals surface area contributed by atoms with Crippen LogP contribution in [0.15, 0.2) is 0 Å². The summed E-state index contributed by atoms with van der Waals surface area (Å²) in [6.45, 7) is 2.89. The number of nitrogens with zero attached hydrogens (tertiary/aromatic N) is 1. The number of hydrogen-bond donors (Lipinski definition) is 1. The van der Waals surface area contributed by atoms with Gasteiger partial charge in [0.05, 0.1) is 0 Å². The maximum atomic E-state index is 11.0. The summed E-state index contributed by atoms with van der Waals surface area (Å²) in [7, 11) is 1.42. The third-order valence-corrected chi connectivity index (χ3v) is 2.08. The van der Waals surface area contributed by atoms with E-state index in [9.17, 15) is 9.59 Å². The zero-order chi connectivity index (χ0) is 9.94. The molecule has 0 atom stereocenters. The van der Waals surface area contributed by atoms with Gasteiger partial charge in [0.2, 0.25) is 5.91 Å². The Balaban J connectivity index is 4.56. The van der Waals surface area contributed by atoms with Gasteiger partial charge in [0.25, 0.3) is 0 Å². The molecule has 0 aromatic heterocycles. The molecule has 0 aliphatic carbocycles. The smallest absolute Gasteiger partial charge is 0.329 e. The molecule has 0 rings (SSSR count). The summed E-state index contributed by atoms with van der Waals surface area (Å²) < 4.78 is 0. The van der Waals surface area contributed by atoms with Crippen LogP contribution in [0.5, 0.6) is 0 Å². The van der Waals surface area contributed by atoms with Gasteiger partial charge < -0.3 is 10.0 Å². The van der Waals surface area contributed by atoms with Crippen molar-refractivity contribution in [1.82, 2.24) is 4.90 Å². The SMILES string of the molecule is CN(C(=O)CCl)C(C)(C)C(=O)O. The number of carbonyl (C=O) groups is 2. The molecule has 0 aromatic rings. The van der Waals surface area contributed by atoms with Gasteiger partial charge in [-0.1, -0.05) is 0 Å². The number of carboxylic acids is 1. The Hall–Kier alpha value is -0.770. The first-order valence-electron chi connectivity index (χ1n) is 3.40. The van der Waals surface area contributed by atoms with E-state index in [4.69, 9.17) is 16.7 Å². The number of likely N-dealkylation sites (N-methyl/N-ethyl adjacent to an activating group) is 1. The minimum Gasteiger partial charge on any atom is -0.480 e. The van der Waals surface area contributed by atoms with Crippen molar-refractivity contribution in [3.05, 3.63) is 0 Å². The van der Waals surface area contributed by atoms with Gasteiger partial charge >= 0.3 is 5.97 Å². The quantitative estimate of drug-likeness (QED) is 0.666. The Morgan fingerprint density at radius 2 is 1.92 bits per heavy atom. The molecule has 0 unspecified atom stereocenters. The standard InChI is InChI=1S/C7H12ClNO3/c1-7(2,6(11)12)9(3)5(10)4-8/h4H2,1-3H3,(H,11,12). The second-order valence-electron chi connectivity index (χ2n) is 2.95. The predicted molar refractivity (Wildman–Crippen MR) is 45.2 cm³/mol. The van der Waals surface area contributed by atoms with Crippen LogP contribution in [0.2, 0.25) is 0 Å². The number of rotatable bonds is 3. The molecule has 12 heavy (non-hydrogen) atoms. The highest BCUT2D eigenvalue weighted by Crippen LogP contribution is 2.12. The van der Waals surface area contributed by atoms with E-state index in [0.717, 1.165) is 4.90 Å². The largest absolute Gasteiger partial charge is 0.480 e. The molecule has 0 aromatic carbocycles. The number of hydrogen-bond acceptors (Lipinski definition) is 2. The summed E-state index contributed by atoms with van der Waals surface area (Å²) in [6, 6.07) is 0. The zero-order valence-electron chi connectivity index (χ0n) is 7.30. The number of carbonyl (C=O) groups excluding carboxylic acids is 1. The molecule has 70 valence electrons. The topological polar surface area (TPSA) is 57.6 Å². The highest BCUT2D eigenvalue weighted by Gasteiger charge is 2.34. The average Bonchev–Trinajstić information content (AvgIpc) is 2.01. The van der Waals surface area contributed by atoms with E-state index in [0.29, 0.717) is 0 Å². The molecule has 0 heterocycles. The van der Waals surface area contributed by atoms with Crippen LogP contribution in [0, 0.1) is 0 Å².